The third-order valence-corrected chi connectivity index (χ3v) is 6.95. The highest BCUT2D eigenvalue weighted by molar-refractivity contribution is 7.92. The van der Waals surface area contributed by atoms with E-state index in [1.54, 1.807) is 36.7 Å². The first kappa shape index (κ1) is 27.3. The van der Waals surface area contributed by atoms with Crippen LogP contribution in [0.3, 0.4) is 0 Å². The number of hydrogen-bond acceptors (Lipinski definition) is 9. The molecule has 3 aromatic heterocycles. The van der Waals surface area contributed by atoms with Gasteiger partial charge in [-0.25, -0.2) is 17.6 Å². The lowest BCUT2D eigenvalue weighted by atomic mass is 9.96. The minimum Gasteiger partial charge on any atom is -0.480 e. The zero-order valence-corrected chi connectivity index (χ0v) is 22.0. The molecule has 0 radical (unpaired) electrons. The van der Waals surface area contributed by atoms with E-state index in [2.05, 4.69) is 29.6 Å². The number of amides is 1. The Morgan fingerprint density at radius 3 is 2.51 bits per heavy atom. The van der Waals surface area contributed by atoms with E-state index in [0.29, 0.717) is 16.5 Å². The molecular weight excluding hydrogens is 558 g/mol. The number of nitrogens with one attached hydrogen (secondary N) is 1. The van der Waals surface area contributed by atoms with Crippen molar-refractivity contribution >= 4 is 32.7 Å². The number of pyridine rings is 2. The van der Waals surface area contributed by atoms with Crippen LogP contribution >= 0.6 is 0 Å². The molecule has 5 rings (SSSR count). The van der Waals surface area contributed by atoms with Gasteiger partial charge in [-0.3, -0.25) is 9.71 Å². The van der Waals surface area contributed by atoms with Gasteiger partial charge in [0.05, 0.1) is 41.8 Å². The lowest BCUT2D eigenvalue weighted by molar-refractivity contribution is 0.174. The van der Waals surface area contributed by atoms with E-state index >= 15 is 8.78 Å². The number of ether oxygens (including phenoxy) is 2. The topological polar surface area (TPSA) is 159 Å². The van der Waals surface area contributed by atoms with E-state index < -0.39 is 45.3 Å². The van der Waals surface area contributed by atoms with Crippen LogP contribution in [0, 0.1) is 11.8 Å². The number of nitrogens with two attached hydrogens (primary N) is 1. The van der Waals surface area contributed by atoms with E-state index in [0.717, 1.165) is 5.56 Å². The molecule has 0 aliphatic carbocycles. The van der Waals surface area contributed by atoms with Gasteiger partial charge in [0, 0.05) is 22.7 Å². The molecule has 0 aliphatic rings. The largest absolute Gasteiger partial charge is 0.480 e. The van der Waals surface area contributed by atoms with Crippen molar-refractivity contribution in [1.29, 1.82) is 0 Å². The van der Waals surface area contributed by atoms with Gasteiger partial charge >= 0.3 is 6.09 Å². The molecule has 0 saturated heterocycles. The first-order valence-electron chi connectivity index (χ1n) is 11.8. The second-order valence-electron chi connectivity index (χ2n) is 8.54. The maximum atomic E-state index is 16.4. The highest BCUT2D eigenvalue weighted by Gasteiger charge is 2.26. The molecular formula is C27H20F2N6O5S. The molecule has 2 aromatic carbocycles. The number of primary amides is 1. The van der Waals surface area contributed by atoms with Gasteiger partial charge in [0.15, 0.2) is 0 Å². The number of rotatable bonds is 8. The quantitative estimate of drug-likeness (QED) is 0.253. The number of hydrogen-bond donors (Lipinski definition) is 2. The predicted molar refractivity (Wildman–Crippen MR) is 146 cm³/mol. The number of carbonyl (C=O) groups is 1. The van der Waals surface area contributed by atoms with Gasteiger partial charge in [0.1, 0.15) is 5.82 Å². The Labute approximate surface area is 232 Å². The summed E-state index contributed by atoms with van der Waals surface area (Å²) >= 11 is 0. The predicted octanol–water partition coefficient (Wildman–Crippen LogP) is 4.50. The second kappa shape index (κ2) is 11.1. The van der Waals surface area contributed by atoms with Crippen molar-refractivity contribution < 1.29 is 31.5 Å². The molecule has 0 saturated carbocycles. The normalized spacial score (nSPS) is 11.3. The maximum Gasteiger partial charge on any atom is 0.405 e. The summed E-state index contributed by atoms with van der Waals surface area (Å²) in [6.45, 7) is 0. The average molecular weight is 579 g/mol. The van der Waals surface area contributed by atoms with Gasteiger partial charge in [-0.15, -0.1) is 0 Å². The van der Waals surface area contributed by atoms with Gasteiger partial charge in [-0.05, 0) is 41.5 Å². The lowest BCUT2D eigenvalue weighted by Gasteiger charge is -2.17. The SMILES string of the molecule is COc1nc(F)c(-c2ccc3nccc(-c4ccnnc4)c3c2)c(F)c1-c1ccccc1NS(=O)(=O)COC(N)=O. The average Bonchev–Trinajstić information content (AvgIpc) is 2.96. The molecule has 5 aromatic rings. The van der Waals surface area contributed by atoms with Crippen LogP contribution in [0.4, 0.5) is 19.3 Å². The summed E-state index contributed by atoms with van der Waals surface area (Å²) in [5.41, 5.74) is 6.13. The standard InChI is InChI=1S/C27H20F2N6O5S/c1-39-26-23(18-4-2-3-5-21(18)35-41(37,38)14-40-27(30)36)24(28)22(25(29)34-26)15-6-7-20-19(12-15)17(9-10-31-20)16-8-11-32-33-13-16/h2-13,35H,14H2,1H3,(H2,30,36). The van der Waals surface area contributed by atoms with Crippen LogP contribution in [0.1, 0.15) is 0 Å². The van der Waals surface area contributed by atoms with Crippen molar-refractivity contribution in [1.82, 2.24) is 20.2 Å². The zero-order chi connectivity index (χ0) is 29.1. The Hall–Kier alpha value is -5.24. The Morgan fingerprint density at radius 2 is 1.78 bits per heavy atom. The summed E-state index contributed by atoms with van der Waals surface area (Å²) in [7, 11) is -3.09. The molecule has 0 unspecified atom stereocenters. The van der Waals surface area contributed by atoms with Crippen molar-refractivity contribution in [2.24, 2.45) is 5.73 Å². The number of carbonyl (C=O) groups excluding carboxylic acids is 1. The summed E-state index contributed by atoms with van der Waals surface area (Å²) in [6, 6.07) is 13.9. The second-order valence-corrected chi connectivity index (χ2v) is 10.2. The molecule has 3 heterocycles. The number of fused-ring (bicyclic) bond motifs is 1. The number of benzene rings is 2. The molecule has 0 spiro atoms. The van der Waals surface area contributed by atoms with Gasteiger partial charge in [-0.1, -0.05) is 24.3 Å². The molecule has 0 fully saturated rings. The van der Waals surface area contributed by atoms with Crippen LogP contribution in [0.2, 0.25) is 0 Å². The molecule has 0 aliphatic heterocycles. The van der Waals surface area contributed by atoms with E-state index in [9.17, 15) is 13.2 Å². The zero-order valence-electron chi connectivity index (χ0n) is 21.2. The summed E-state index contributed by atoms with van der Waals surface area (Å²) in [5.74, 6) is -3.70. The molecule has 0 atom stereocenters. The van der Waals surface area contributed by atoms with Gasteiger partial charge in [0.2, 0.25) is 17.8 Å². The number of nitrogens with zero attached hydrogens (tertiary/aromatic N) is 4. The Balaban J connectivity index is 1.68. The monoisotopic (exact) mass is 578 g/mol. The van der Waals surface area contributed by atoms with Crippen LogP contribution < -0.4 is 15.2 Å². The third kappa shape index (κ3) is 5.58. The minimum absolute atomic E-state index is 0.00995. The molecule has 14 heteroatoms. The summed E-state index contributed by atoms with van der Waals surface area (Å²) in [4.78, 5) is 19.1. The summed E-state index contributed by atoms with van der Waals surface area (Å²) in [5, 5.41) is 8.28. The molecule has 11 nitrogen and oxygen atoms in total. The molecule has 208 valence electrons. The van der Waals surface area contributed by atoms with Crippen LogP contribution in [0.25, 0.3) is 44.3 Å². The van der Waals surface area contributed by atoms with E-state index in [1.165, 1.54) is 43.6 Å². The maximum absolute atomic E-state index is 16.4. The highest BCUT2D eigenvalue weighted by atomic mass is 32.2. The third-order valence-electron chi connectivity index (χ3n) is 6.00. The molecule has 1 amide bonds. The van der Waals surface area contributed by atoms with Gasteiger partial charge in [-0.2, -0.15) is 19.6 Å². The smallest absolute Gasteiger partial charge is 0.405 e. The van der Waals surface area contributed by atoms with Crippen molar-refractivity contribution in [3.05, 3.63) is 85.0 Å². The minimum atomic E-state index is -4.27. The number of aromatic nitrogens is 4. The number of halogens is 2. The van der Waals surface area contributed by atoms with E-state index in [4.69, 9.17) is 10.5 Å². The van der Waals surface area contributed by atoms with Crippen molar-refractivity contribution in [3.8, 4) is 39.3 Å². The van der Waals surface area contributed by atoms with Crippen molar-refractivity contribution in [2.75, 3.05) is 17.8 Å². The van der Waals surface area contributed by atoms with Gasteiger partial charge in [0.25, 0.3) is 10.0 Å². The molecule has 41 heavy (non-hydrogen) atoms. The number of sulfonamides is 1. The molecule has 3 N–H and O–H groups in total. The summed E-state index contributed by atoms with van der Waals surface area (Å²) in [6.07, 6.45) is 3.40. The molecule has 0 bridgehead atoms. The fourth-order valence-corrected chi connectivity index (χ4v) is 5.11. The number of anilines is 1. The van der Waals surface area contributed by atoms with E-state index in [1.807, 2.05) is 0 Å². The van der Waals surface area contributed by atoms with Crippen LogP contribution in [0.15, 0.2) is 73.2 Å². The van der Waals surface area contributed by atoms with Crippen LogP contribution in [-0.4, -0.2) is 47.7 Å². The first-order valence-corrected chi connectivity index (χ1v) is 13.4. The fourth-order valence-electron chi connectivity index (χ4n) is 4.26. The fraction of sp³-hybridized carbons (Fsp3) is 0.0741. The first-order chi connectivity index (χ1) is 19.7. The lowest BCUT2D eigenvalue weighted by Crippen LogP contribution is -2.24. The van der Waals surface area contributed by atoms with Crippen molar-refractivity contribution in [3.63, 3.8) is 0 Å². The Morgan fingerprint density at radius 1 is 0.976 bits per heavy atom. The van der Waals surface area contributed by atoms with Gasteiger partial charge < -0.3 is 15.2 Å². The van der Waals surface area contributed by atoms with Crippen LogP contribution in [-0.2, 0) is 14.8 Å². The summed E-state index contributed by atoms with van der Waals surface area (Å²) < 4.78 is 68.6. The Kier molecular flexibility index (Phi) is 7.40. The van der Waals surface area contributed by atoms with Crippen molar-refractivity contribution in [2.45, 2.75) is 0 Å². The number of methoxy groups -OCH3 is 1. The number of para-hydroxylation sites is 1. The van der Waals surface area contributed by atoms with E-state index in [-0.39, 0.29) is 22.4 Å². The highest BCUT2D eigenvalue weighted by Crippen LogP contribution is 2.42. The van der Waals surface area contributed by atoms with Crippen LogP contribution in [0.5, 0.6) is 5.88 Å². The Bertz CT molecular complexity index is 1890.